The standard InChI is InChI=1S/C16H23ClFN3O2/c1-20(8-9-23-2)11-13-4-3-7-21(13)16(22)19-15-6-5-12(17)10-14(15)18/h5-6,10,13H,3-4,7-9,11H2,1-2H3,(H,19,22). The summed E-state index contributed by atoms with van der Waals surface area (Å²) in [7, 11) is 3.68. The Labute approximate surface area is 141 Å². The monoisotopic (exact) mass is 343 g/mol. The van der Waals surface area contributed by atoms with Crippen LogP contribution in [-0.2, 0) is 4.74 Å². The number of halogens is 2. The lowest BCUT2D eigenvalue weighted by Gasteiger charge is -2.28. The van der Waals surface area contributed by atoms with E-state index in [1.165, 1.54) is 12.1 Å². The molecule has 1 aromatic carbocycles. The van der Waals surface area contributed by atoms with Gasteiger partial charge in [-0.25, -0.2) is 9.18 Å². The molecule has 0 radical (unpaired) electrons. The molecular weight excluding hydrogens is 321 g/mol. The van der Waals surface area contributed by atoms with E-state index in [2.05, 4.69) is 10.2 Å². The number of nitrogens with zero attached hydrogens (tertiary/aromatic N) is 2. The van der Waals surface area contributed by atoms with Crippen molar-refractivity contribution in [3.8, 4) is 0 Å². The predicted molar refractivity (Wildman–Crippen MR) is 89.5 cm³/mol. The molecule has 1 aliphatic rings. The summed E-state index contributed by atoms with van der Waals surface area (Å²) in [6.45, 7) is 2.93. The highest BCUT2D eigenvalue weighted by molar-refractivity contribution is 6.30. The Hall–Kier alpha value is -1.37. The molecule has 2 amide bonds. The summed E-state index contributed by atoms with van der Waals surface area (Å²) in [4.78, 5) is 16.3. The maximum absolute atomic E-state index is 13.8. The first kappa shape index (κ1) is 18.0. The van der Waals surface area contributed by atoms with Crippen LogP contribution in [0.3, 0.4) is 0 Å². The molecule has 0 bridgehead atoms. The van der Waals surface area contributed by atoms with Crippen LogP contribution in [0, 0.1) is 5.82 Å². The van der Waals surface area contributed by atoms with E-state index in [1.807, 2.05) is 7.05 Å². The molecule has 23 heavy (non-hydrogen) atoms. The van der Waals surface area contributed by atoms with E-state index in [0.717, 1.165) is 25.9 Å². The molecule has 128 valence electrons. The normalized spacial score (nSPS) is 17.8. The average Bonchev–Trinajstić information content (AvgIpc) is 2.96. The van der Waals surface area contributed by atoms with Gasteiger partial charge in [-0.3, -0.25) is 0 Å². The Morgan fingerprint density at radius 2 is 2.35 bits per heavy atom. The number of carbonyl (C=O) groups is 1. The third-order valence-corrected chi connectivity index (χ3v) is 4.25. The number of benzene rings is 1. The fourth-order valence-electron chi connectivity index (χ4n) is 2.77. The van der Waals surface area contributed by atoms with Crippen molar-refractivity contribution in [2.24, 2.45) is 0 Å². The number of hydrogen-bond donors (Lipinski definition) is 1. The van der Waals surface area contributed by atoms with Gasteiger partial charge < -0.3 is 19.9 Å². The maximum Gasteiger partial charge on any atom is 0.322 e. The number of urea groups is 1. The second kappa shape index (κ2) is 8.47. The van der Waals surface area contributed by atoms with Gasteiger partial charge in [-0.15, -0.1) is 0 Å². The van der Waals surface area contributed by atoms with Crippen molar-refractivity contribution in [2.75, 3.05) is 45.7 Å². The minimum atomic E-state index is -0.529. The number of likely N-dealkylation sites (N-methyl/N-ethyl adjacent to an activating group) is 1. The van der Waals surface area contributed by atoms with Crippen molar-refractivity contribution in [3.63, 3.8) is 0 Å². The largest absolute Gasteiger partial charge is 0.383 e. The van der Waals surface area contributed by atoms with Crippen LogP contribution in [0.2, 0.25) is 5.02 Å². The van der Waals surface area contributed by atoms with Crippen molar-refractivity contribution in [3.05, 3.63) is 29.0 Å². The van der Waals surface area contributed by atoms with Crippen LogP contribution < -0.4 is 5.32 Å². The Morgan fingerprint density at radius 3 is 3.04 bits per heavy atom. The molecule has 7 heteroatoms. The molecule has 1 N–H and O–H groups in total. The van der Waals surface area contributed by atoms with Gasteiger partial charge in [-0.1, -0.05) is 11.6 Å². The van der Waals surface area contributed by atoms with Gasteiger partial charge in [0.25, 0.3) is 0 Å². The van der Waals surface area contributed by atoms with E-state index >= 15 is 0 Å². The van der Waals surface area contributed by atoms with Crippen LogP contribution in [0.5, 0.6) is 0 Å². The number of anilines is 1. The van der Waals surface area contributed by atoms with Crippen LogP contribution in [0.1, 0.15) is 12.8 Å². The number of amides is 2. The third-order valence-electron chi connectivity index (χ3n) is 4.01. The van der Waals surface area contributed by atoms with Crippen molar-refractivity contribution in [1.82, 2.24) is 9.80 Å². The molecule has 0 aliphatic carbocycles. The zero-order valence-electron chi connectivity index (χ0n) is 13.5. The van der Waals surface area contributed by atoms with E-state index < -0.39 is 5.82 Å². The molecule has 1 aromatic rings. The van der Waals surface area contributed by atoms with Crippen LogP contribution in [0.4, 0.5) is 14.9 Å². The first-order valence-corrected chi connectivity index (χ1v) is 8.09. The molecule has 0 spiro atoms. The number of nitrogens with one attached hydrogen (secondary N) is 1. The number of rotatable bonds is 6. The second-order valence-electron chi connectivity index (χ2n) is 5.80. The zero-order valence-corrected chi connectivity index (χ0v) is 14.3. The second-order valence-corrected chi connectivity index (χ2v) is 6.24. The van der Waals surface area contributed by atoms with Gasteiger partial charge >= 0.3 is 6.03 Å². The van der Waals surface area contributed by atoms with Gasteiger partial charge in [0.15, 0.2) is 0 Å². The summed E-state index contributed by atoms with van der Waals surface area (Å²) in [6.07, 6.45) is 1.91. The highest BCUT2D eigenvalue weighted by atomic mass is 35.5. The Bertz CT molecular complexity index is 544. The lowest BCUT2D eigenvalue weighted by atomic mass is 10.2. The quantitative estimate of drug-likeness (QED) is 0.863. The summed E-state index contributed by atoms with van der Waals surface area (Å²) in [5.41, 5.74) is 0.151. The number of methoxy groups -OCH3 is 1. The van der Waals surface area contributed by atoms with Gasteiger partial charge in [-0.05, 0) is 38.1 Å². The fraction of sp³-hybridized carbons (Fsp3) is 0.562. The lowest BCUT2D eigenvalue weighted by molar-refractivity contribution is 0.143. The molecule has 1 unspecified atom stereocenters. The van der Waals surface area contributed by atoms with Gasteiger partial charge in [0.1, 0.15) is 5.82 Å². The maximum atomic E-state index is 13.8. The van der Waals surface area contributed by atoms with E-state index in [1.54, 1.807) is 18.1 Å². The summed E-state index contributed by atoms with van der Waals surface area (Å²) >= 11 is 5.72. The highest BCUT2D eigenvalue weighted by Gasteiger charge is 2.29. The summed E-state index contributed by atoms with van der Waals surface area (Å²) in [6, 6.07) is 4.09. The Morgan fingerprint density at radius 1 is 1.57 bits per heavy atom. The SMILES string of the molecule is COCCN(C)CC1CCCN1C(=O)Nc1ccc(Cl)cc1F. The third kappa shape index (κ3) is 5.06. The van der Waals surface area contributed by atoms with Crippen LogP contribution in [0.15, 0.2) is 18.2 Å². The fourth-order valence-corrected chi connectivity index (χ4v) is 2.93. The Balaban J connectivity index is 1.94. The van der Waals surface area contributed by atoms with Crippen LogP contribution >= 0.6 is 11.6 Å². The predicted octanol–water partition coefficient (Wildman–Crippen LogP) is 3.05. The van der Waals surface area contributed by atoms with Crippen LogP contribution in [-0.4, -0.2) is 62.3 Å². The van der Waals surface area contributed by atoms with Gasteiger partial charge in [0.05, 0.1) is 12.3 Å². The molecule has 0 aromatic heterocycles. The van der Waals surface area contributed by atoms with E-state index in [-0.39, 0.29) is 17.8 Å². The molecule has 5 nitrogen and oxygen atoms in total. The van der Waals surface area contributed by atoms with Crippen LogP contribution in [0.25, 0.3) is 0 Å². The molecule has 1 aliphatic heterocycles. The number of carbonyl (C=O) groups excluding carboxylic acids is 1. The molecular formula is C16H23ClFN3O2. The molecule has 1 saturated heterocycles. The van der Waals surface area contributed by atoms with E-state index in [4.69, 9.17) is 16.3 Å². The summed E-state index contributed by atoms with van der Waals surface area (Å²) < 4.78 is 18.9. The van der Waals surface area contributed by atoms with Crippen molar-refractivity contribution >= 4 is 23.3 Å². The van der Waals surface area contributed by atoms with Gasteiger partial charge in [0.2, 0.25) is 0 Å². The zero-order chi connectivity index (χ0) is 16.8. The molecule has 2 rings (SSSR count). The first-order chi connectivity index (χ1) is 11.0. The highest BCUT2D eigenvalue weighted by Crippen LogP contribution is 2.22. The van der Waals surface area contributed by atoms with Gasteiger partial charge in [0, 0.05) is 37.8 Å². The molecule has 1 heterocycles. The number of ether oxygens (including phenoxy) is 1. The van der Waals surface area contributed by atoms with Crippen molar-refractivity contribution in [2.45, 2.75) is 18.9 Å². The van der Waals surface area contributed by atoms with E-state index in [0.29, 0.717) is 18.2 Å². The minimum absolute atomic E-state index is 0.132. The van der Waals surface area contributed by atoms with Gasteiger partial charge in [-0.2, -0.15) is 0 Å². The lowest BCUT2D eigenvalue weighted by Crippen LogP contribution is -2.44. The molecule has 0 saturated carbocycles. The van der Waals surface area contributed by atoms with E-state index in [9.17, 15) is 9.18 Å². The molecule has 1 atom stereocenters. The van der Waals surface area contributed by atoms with Crippen molar-refractivity contribution < 1.29 is 13.9 Å². The topological polar surface area (TPSA) is 44.8 Å². The summed E-state index contributed by atoms with van der Waals surface area (Å²) in [5, 5.41) is 2.94. The Kier molecular flexibility index (Phi) is 6.62. The molecule has 1 fully saturated rings. The first-order valence-electron chi connectivity index (χ1n) is 7.71. The summed E-state index contributed by atoms with van der Waals surface area (Å²) in [5.74, 6) is -0.529. The number of likely N-dealkylation sites (tertiary alicyclic amines) is 1. The minimum Gasteiger partial charge on any atom is -0.383 e. The van der Waals surface area contributed by atoms with Crippen molar-refractivity contribution in [1.29, 1.82) is 0 Å². The average molecular weight is 344 g/mol. The smallest absolute Gasteiger partial charge is 0.322 e. The number of hydrogen-bond acceptors (Lipinski definition) is 3.